The zero-order valence-corrected chi connectivity index (χ0v) is 13.8. The van der Waals surface area contributed by atoms with Crippen molar-refractivity contribution >= 4 is 5.69 Å². The van der Waals surface area contributed by atoms with Crippen molar-refractivity contribution in [2.24, 2.45) is 5.41 Å². The lowest BCUT2D eigenvalue weighted by atomic mass is 9.73. The first-order valence-corrected chi connectivity index (χ1v) is 8.70. The van der Waals surface area contributed by atoms with Crippen LogP contribution in [0.15, 0.2) is 37.3 Å². The van der Waals surface area contributed by atoms with Crippen LogP contribution < -0.4 is 4.90 Å². The van der Waals surface area contributed by atoms with Gasteiger partial charge in [-0.2, -0.15) is 0 Å². The van der Waals surface area contributed by atoms with Crippen molar-refractivity contribution in [3.8, 4) is 0 Å². The highest BCUT2D eigenvalue weighted by atomic mass is 16.5. The van der Waals surface area contributed by atoms with Gasteiger partial charge in [0, 0.05) is 38.1 Å². The van der Waals surface area contributed by atoms with E-state index in [9.17, 15) is 0 Å². The summed E-state index contributed by atoms with van der Waals surface area (Å²) in [6.07, 6.45) is 16.6. The first kappa shape index (κ1) is 15.4. The number of nitrogens with zero attached hydrogens (tertiary/aromatic N) is 5. The number of anilines is 1. The highest BCUT2D eigenvalue weighted by molar-refractivity contribution is 5.42. The van der Waals surface area contributed by atoms with Crippen LogP contribution in [0, 0.1) is 5.41 Å². The van der Waals surface area contributed by atoms with E-state index in [2.05, 4.69) is 24.8 Å². The van der Waals surface area contributed by atoms with Crippen molar-refractivity contribution in [3.63, 3.8) is 0 Å². The minimum Gasteiger partial charge on any atom is -0.377 e. The van der Waals surface area contributed by atoms with E-state index in [0.29, 0.717) is 5.41 Å². The van der Waals surface area contributed by atoms with Gasteiger partial charge in [0.2, 0.25) is 0 Å². The van der Waals surface area contributed by atoms with Crippen molar-refractivity contribution in [1.82, 2.24) is 19.9 Å². The maximum atomic E-state index is 6.21. The lowest BCUT2D eigenvalue weighted by molar-refractivity contribution is -0.0717. The molecule has 0 radical (unpaired) electrons. The zero-order chi connectivity index (χ0) is 16.2. The summed E-state index contributed by atoms with van der Waals surface area (Å²) >= 11 is 0. The molecule has 0 N–H and O–H groups in total. The maximum Gasteiger partial charge on any atom is 0.115 e. The van der Waals surface area contributed by atoms with Crippen molar-refractivity contribution in [2.45, 2.75) is 38.2 Å². The van der Waals surface area contributed by atoms with E-state index in [0.717, 1.165) is 43.9 Å². The molecule has 1 atom stereocenters. The number of hydrogen-bond donors (Lipinski definition) is 0. The molecule has 2 aliphatic rings. The topological polar surface area (TPSA) is 64.0 Å². The van der Waals surface area contributed by atoms with Gasteiger partial charge in [-0.1, -0.05) is 0 Å². The smallest absolute Gasteiger partial charge is 0.115 e. The summed E-state index contributed by atoms with van der Waals surface area (Å²) in [4.78, 5) is 19.1. The molecule has 2 saturated heterocycles. The molecule has 24 heavy (non-hydrogen) atoms. The van der Waals surface area contributed by atoms with Crippen LogP contribution in [0.5, 0.6) is 0 Å². The second-order valence-corrected chi connectivity index (χ2v) is 6.96. The lowest BCUT2D eigenvalue weighted by Crippen LogP contribution is -2.46. The van der Waals surface area contributed by atoms with Crippen LogP contribution in [0.3, 0.4) is 0 Å². The van der Waals surface area contributed by atoms with Crippen molar-refractivity contribution in [1.29, 1.82) is 0 Å². The van der Waals surface area contributed by atoms with Crippen LogP contribution in [0.1, 0.15) is 31.4 Å². The molecule has 0 saturated carbocycles. The molecule has 2 aliphatic heterocycles. The Balaban J connectivity index is 1.30. The van der Waals surface area contributed by atoms with Crippen molar-refractivity contribution in [2.75, 3.05) is 24.6 Å². The summed E-state index contributed by atoms with van der Waals surface area (Å²) in [6, 6.07) is 0. The van der Waals surface area contributed by atoms with Crippen LogP contribution in [-0.2, 0) is 11.2 Å². The fourth-order valence-electron chi connectivity index (χ4n) is 3.84. The van der Waals surface area contributed by atoms with Crippen LogP contribution in [-0.4, -0.2) is 45.7 Å². The van der Waals surface area contributed by atoms with E-state index >= 15 is 0 Å². The quantitative estimate of drug-likeness (QED) is 0.862. The summed E-state index contributed by atoms with van der Waals surface area (Å²) in [6.45, 7) is 2.99. The fourth-order valence-corrected chi connectivity index (χ4v) is 3.84. The van der Waals surface area contributed by atoms with Gasteiger partial charge in [-0.15, -0.1) is 0 Å². The van der Waals surface area contributed by atoms with Gasteiger partial charge >= 0.3 is 0 Å². The second kappa shape index (κ2) is 6.81. The van der Waals surface area contributed by atoms with Crippen molar-refractivity contribution in [3.05, 3.63) is 43.0 Å². The SMILES string of the molecule is c1cnc(CC2CCC3(CCN(c4cncnc4)CC3)CO2)cn1. The molecule has 0 aliphatic carbocycles. The number of hydrogen-bond acceptors (Lipinski definition) is 6. The highest BCUT2D eigenvalue weighted by Gasteiger charge is 2.39. The molecule has 0 bridgehead atoms. The third kappa shape index (κ3) is 3.38. The molecule has 6 nitrogen and oxygen atoms in total. The zero-order valence-electron chi connectivity index (χ0n) is 13.8. The van der Waals surface area contributed by atoms with E-state index in [-0.39, 0.29) is 6.10 Å². The van der Waals surface area contributed by atoms with Gasteiger partial charge in [0.15, 0.2) is 0 Å². The second-order valence-electron chi connectivity index (χ2n) is 6.96. The Hall–Kier alpha value is -2.08. The Morgan fingerprint density at radius 2 is 1.88 bits per heavy atom. The van der Waals surface area contributed by atoms with Gasteiger partial charge in [-0.05, 0) is 31.1 Å². The minimum atomic E-state index is 0.285. The predicted molar refractivity (Wildman–Crippen MR) is 90.6 cm³/mol. The Morgan fingerprint density at radius 1 is 1.04 bits per heavy atom. The number of rotatable bonds is 3. The molecule has 4 rings (SSSR count). The van der Waals surface area contributed by atoms with E-state index in [1.807, 2.05) is 18.6 Å². The van der Waals surface area contributed by atoms with Crippen LogP contribution in [0.4, 0.5) is 5.69 Å². The third-order valence-corrected chi connectivity index (χ3v) is 5.41. The van der Waals surface area contributed by atoms with E-state index in [1.54, 1.807) is 18.7 Å². The standard InChI is InChI=1S/C18H23N5O/c1-2-18(13-24-17(1)9-15-10-19-5-6-22-15)3-7-23(8-4-18)16-11-20-14-21-12-16/h5-6,10-12,14,17H,1-4,7-9,13H2. The summed E-state index contributed by atoms with van der Waals surface area (Å²) in [5.74, 6) is 0. The summed E-state index contributed by atoms with van der Waals surface area (Å²) in [5.41, 5.74) is 2.51. The van der Waals surface area contributed by atoms with E-state index in [4.69, 9.17) is 4.74 Å². The van der Waals surface area contributed by atoms with Gasteiger partial charge in [0.25, 0.3) is 0 Å². The largest absolute Gasteiger partial charge is 0.377 e. The summed E-state index contributed by atoms with van der Waals surface area (Å²) < 4.78 is 6.21. The normalized spacial score (nSPS) is 23.3. The number of ether oxygens (including phenoxy) is 1. The predicted octanol–water partition coefficient (Wildman–Crippen LogP) is 2.27. The molecule has 1 unspecified atom stereocenters. The first-order valence-electron chi connectivity index (χ1n) is 8.70. The molecule has 2 aromatic heterocycles. The van der Waals surface area contributed by atoms with Gasteiger partial charge in [-0.3, -0.25) is 9.97 Å². The molecule has 1 spiro atoms. The number of piperidine rings is 1. The Labute approximate surface area is 142 Å². The van der Waals surface area contributed by atoms with Crippen LogP contribution in [0.25, 0.3) is 0 Å². The number of aromatic nitrogens is 4. The minimum absolute atomic E-state index is 0.285. The third-order valence-electron chi connectivity index (χ3n) is 5.41. The van der Waals surface area contributed by atoms with Gasteiger partial charge < -0.3 is 9.64 Å². The summed E-state index contributed by atoms with van der Waals surface area (Å²) in [5, 5.41) is 0. The molecule has 6 heteroatoms. The van der Waals surface area contributed by atoms with E-state index in [1.165, 1.54) is 19.3 Å². The molecule has 0 amide bonds. The highest BCUT2D eigenvalue weighted by Crippen LogP contribution is 2.41. The van der Waals surface area contributed by atoms with Gasteiger partial charge in [0.1, 0.15) is 6.33 Å². The molecule has 2 aromatic rings. The lowest BCUT2D eigenvalue weighted by Gasteiger charge is -2.46. The van der Waals surface area contributed by atoms with Crippen LogP contribution in [0.2, 0.25) is 0 Å². The molecule has 4 heterocycles. The Morgan fingerprint density at radius 3 is 2.54 bits per heavy atom. The van der Waals surface area contributed by atoms with E-state index < -0.39 is 0 Å². The fraction of sp³-hybridized carbons (Fsp3) is 0.556. The molecule has 0 aromatic carbocycles. The molecule has 2 fully saturated rings. The monoisotopic (exact) mass is 325 g/mol. The summed E-state index contributed by atoms with van der Waals surface area (Å²) in [7, 11) is 0. The molecular weight excluding hydrogens is 302 g/mol. The van der Waals surface area contributed by atoms with Crippen LogP contribution >= 0.6 is 0 Å². The van der Waals surface area contributed by atoms with Gasteiger partial charge in [-0.25, -0.2) is 9.97 Å². The Bertz CT molecular complexity index is 633. The first-order chi connectivity index (χ1) is 11.8. The molecular formula is C18H23N5O. The van der Waals surface area contributed by atoms with Crippen molar-refractivity contribution < 1.29 is 4.74 Å². The van der Waals surface area contributed by atoms with Gasteiger partial charge in [0.05, 0.1) is 36.5 Å². The average molecular weight is 325 g/mol. The average Bonchev–Trinajstić information content (AvgIpc) is 2.66. The Kier molecular flexibility index (Phi) is 4.38. The maximum absolute atomic E-state index is 6.21. The molecule has 126 valence electrons.